The van der Waals surface area contributed by atoms with E-state index in [1.54, 1.807) is 0 Å². The van der Waals surface area contributed by atoms with Crippen LogP contribution >= 0.6 is 0 Å². The van der Waals surface area contributed by atoms with Gasteiger partial charge in [-0.15, -0.1) is 0 Å². The van der Waals surface area contributed by atoms with E-state index in [1.165, 1.54) is 0 Å². The monoisotopic (exact) mass is 276 g/mol. The minimum atomic E-state index is -4.79. The van der Waals surface area contributed by atoms with E-state index in [1.807, 2.05) is 0 Å². The van der Waals surface area contributed by atoms with Crippen LogP contribution in [0.2, 0.25) is 0 Å². The highest BCUT2D eigenvalue weighted by Gasteiger charge is 2.31. The molecule has 0 saturated carbocycles. The van der Waals surface area contributed by atoms with Crippen molar-refractivity contribution in [1.29, 1.82) is 0 Å². The maximum absolute atomic E-state index is 13.5. The molecule has 100 valence electrons. The zero-order chi connectivity index (χ0) is 14.2. The van der Waals surface area contributed by atoms with Gasteiger partial charge in [0.05, 0.1) is 11.1 Å². The summed E-state index contributed by atoms with van der Waals surface area (Å²) in [7, 11) is 0. The summed E-state index contributed by atoms with van der Waals surface area (Å²) in [5.74, 6) is -3.33. The van der Waals surface area contributed by atoms with Crippen LogP contribution in [0.4, 0.5) is 26.3 Å². The van der Waals surface area contributed by atoms with E-state index in [0.717, 1.165) is 18.2 Å². The smallest absolute Gasteiger partial charge is 0.207 e. The third-order valence-corrected chi connectivity index (χ3v) is 2.48. The lowest BCUT2D eigenvalue weighted by molar-refractivity contribution is -0.137. The Balaban J connectivity index is 2.67. The Bertz CT molecular complexity index is 595. The van der Waals surface area contributed by atoms with E-state index in [2.05, 4.69) is 0 Å². The Kier molecular flexibility index (Phi) is 3.26. The van der Waals surface area contributed by atoms with Crippen LogP contribution in [-0.4, -0.2) is 0 Å². The lowest BCUT2D eigenvalue weighted by Crippen LogP contribution is -2.06. The second-order valence-electron chi connectivity index (χ2n) is 3.82. The van der Waals surface area contributed by atoms with Crippen LogP contribution in [0.25, 0.3) is 11.1 Å². The lowest BCUT2D eigenvalue weighted by atomic mass is 10.0. The van der Waals surface area contributed by atoms with E-state index in [4.69, 9.17) is 0 Å². The Labute approximate surface area is 104 Å². The molecule has 19 heavy (non-hydrogen) atoms. The topological polar surface area (TPSA) is 0 Å². The molecule has 0 aromatic heterocycles. The number of halogens is 6. The Morgan fingerprint density at radius 2 is 1.37 bits per heavy atom. The predicted molar refractivity (Wildman–Crippen MR) is 56.8 cm³/mol. The Morgan fingerprint density at radius 1 is 0.789 bits per heavy atom. The maximum Gasteiger partial charge on any atom is 0.416 e. The van der Waals surface area contributed by atoms with Gasteiger partial charge in [0.1, 0.15) is 17.5 Å². The fraction of sp³-hybridized carbons (Fsp3) is 0.0769. The first-order chi connectivity index (χ1) is 8.79. The molecule has 0 aliphatic rings. The van der Waals surface area contributed by atoms with Crippen molar-refractivity contribution >= 4 is 0 Å². The van der Waals surface area contributed by atoms with Crippen molar-refractivity contribution in [3.05, 3.63) is 59.4 Å². The SMILES string of the molecule is Fc1cc(-c2c(F)cccc2F)cc(C(F)(F)F)c1. The van der Waals surface area contributed by atoms with Crippen LogP contribution < -0.4 is 0 Å². The molecule has 0 saturated heterocycles. The second kappa shape index (κ2) is 4.60. The first kappa shape index (κ1) is 13.5. The van der Waals surface area contributed by atoms with Crippen molar-refractivity contribution in [3.8, 4) is 11.1 Å². The number of alkyl halides is 3. The number of hydrogen-bond donors (Lipinski definition) is 0. The van der Waals surface area contributed by atoms with Gasteiger partial charge in [-0.3, -0.25) is 0 Å². The third kappa shape index (κ3) is 2.72. The van der Waals surface area contributed by atoms with Crippen LogP contribution in [0, 0.1) is 17.5 Å². The molecule has 0 nitrogen and oxygen atoms in total. The average molecular weight is 276 g/mol. The highest BCUT2D eigenvalue weighted by Crippen LogP contribution is 2.34. The van der Waals surface area contributed by atoms with E-state index >= 15 is 0 Å². The van der Waals surface area contributed by atoms with Gasteiger partial charge in [-0.05, 0) is 35.9 Å². The second-order valence-corrected chi connectivity index (χ2v) is 3.82. The molecule has 0 radical (unpaired) electrons. The van der Waals surface area contributed by atoms with Gasteiger partial charge < -0.3 is 0 Å². The first-order valence-electron chi connectivity index (χ1n) is 5.11. The molecule has 2 aromatic carbocycles. The first-order valence-corrected chi connectivity index (χ1v) is 5.11. The molecular weight excluding hydrogens is 270 g/mol. The summed E-state index contributed by atoms with van der Waals surface area (Å²) in [6, 6.07) is 4.26. The minimum absolute atomic E-state index is 0.266. The molecule has 0 heterocycles. The molecule has 0 aliphatic heterocycles. The predicted octanol–water partition coefficient (Wildman–Crippen LogP) is 4.79. The number of rotatable bonds is 1. The van der Waals surface area contributed by atoms with E-state index < -0.39 is 40.3 Å². The number of hydrogen-bond acceptors (Lipinski definition) is 0. The van der Waals surface area contributed by atoms with Gasteiger partial charge in [-0.1, -0.05) is 6.07 Å². The highest BCUT2D eigenvalue weighted by molar-refractivity contribution is 5.66. The average Bonchev–Trinajstić information content (AvgIpc) is 2.26. The van der Waals surface area contributed by atoms with Crippen molar-refractivity contribution in [3.63, 3.8) is 0 Å². The molecule has 0 bridgehead atoms. The van der Waals surface area contributed by atoms with Crippen LogP contribution in [-0.2, 0) is 6.18 Å². The fourth-order valence-electron chi connectivity index (χ4n) is 1.67. The third-order valence-electron chi connectivity index (χ3n) is 2.48. The van der Waals surface area contributed by atoms with Crippen molar-refractivity contribution in [2.45, 2.75) is 6.18 Å². The molecule has 0 spiro atoms. The molecule has 0 amide bonds. The summed E-state index contributed by atoms with van der Waals surface area (Å²) < 4.78 is 77.6. The fourth-order valence-corrected chi connectivity index (χ4v) is 1.67. The summed E-state index contributed by atoms with van der Waals surface area (Å²) in [5, 5.41) is 0. The molecule has 0 unspecified atom stereocenters. The van der Waals surface area contributed by atoms with Crippen molar-refractivity contribution < 1.29 is 26.3 Å². The van der Waals surface area contributed by atoms with Crippen LogP contribution in [0.1, 0.15) is 5.56 Å². The molecule has 0 atom stereocenters. The van der Waals surface area contributed by atoms with Crippen LogP contribution in [0.5, 0.6) is 0 Å². The molecule has 0 aliphatic carbocycles. The minimum Gasteiger partial charge on any atom is -0.207 e. The molecular formula is C13H6F6. The van der Waals surface area contributed by atoms with Crippen molar-refractivity contribution in [2.24, 2.45) is 0 Å². The number of benzene rings is 2. The largest absolute Gasteiger partial charge is 0.416 e. The van der Waals surface area contributed by atoms with Gasteiger partial charge in [-0.25, -0.2) is 13.2 Å². The maximum atomic E-state index is 13.5. The summed E-state index contributed by atoms with van der Waals surface area (Å²) in [5.41, 5.74) is -2.49. The highest BCUT2D eigenvalue weighted by atomic mass is 19.4. The van der Waals surface area contributed by atoms with E-state index in [-0.39, 0.29) is 6.07 Å². The van der Waals surface area contributed by atoms with Gasteiger partial charge in [0.2, 0.25) is 0 Å². The molecule has 2 rings (SSSR count). The van der Waals surface area contributed by atoms with Gasteiger partial charge in [0.15, 0.2) is 0 Å². The molecule has 0 fully saturated rings. The van der Waals surface area contributed by atoms with Crippen molar-refractivity contribution in [2.75, 3.05) is 0 Å². The van der Waals surface area contributed by atoms with E-state index in [9.17, 15) is 26.3 Å². The molecule has 0 N–H and O–H groups in total. The van der Waals surface area contributed by atoms with E-state index in [0.29, 0.717) is 12.1 Å². The molecule has 2 aromatic rings. The molecule has 6 heteroatoms. The summed E-state index contributed by atoms with van der Waals surface area (Å²) in [6.45, 7) is 0. The Hall–Kier alpha value is -1.98. The van der Waals surface area contributed by atoms with Gasteiger partial charge in [0, 0.05) is 0 Å². The summed E-state index contributed by atoms with van der Waals surface area (Å²) >= 11 is 0. The standard InChI is InChI=1S/C13H6F6/c14-9-5-7(4-8(6-9)13(17,18)19)12-10(15)2-1-3-11(12)16/h1-6H. The zero-order valence-electron chi connectivity index (χ0n) is 9.23. The Morgan fingerprint density at radius 3 is 1.89 bits per heavy atom. The van der Waals surface area contributed by atoms with Gasteiger partial charge >= 0.3 is 6.18 Å². The quantitative estimate of drug-likeness (QED) is 0.657. The van der Waals surface area contributed by atoms with Crippen LogP contribution in [0.3, 0.4) is 0 Å². The normalized spacial score (nSPS) is 11.7. The summed E-state index contributed by atoms with van der Waals surface area (Å²) in [6.07, 6.45) is -4.79. The van der Waals surface area contributed by atoms with Crippen molar-refractivity contribution in [1.82, 2.24) is 0 Å². The zero-order valence-corrected chi connectivity index (χ0v) is 9.23. The van der Waals surface area contributed by atoms with Gasteiger partial charge in [0.25, 0.3) is 0 Å². The lowest BCUT2D eigenvalue weighted by Gasteiger charge is -2.10. The van der Waals surface area contributed by atoms with Crippen LogP contribution in [0.15, 0.2) is 36.4 Å². The summed E-state index contributed by atoms with van der Waals surface area (Å²) in [4.78, 5) is 0. The van der Waals surface area contributed by atoms with Gasteiger partial charge in [-0.2, -0.15) is 13.2 Å².